The lowest BCUT2D eigenvalue weighted by Crippen LogP contribution is -2.49. The molecule has 0 heterocycles. The second kappa shape index (κ2) is 13.7. The van der Waals surface area contributed by atoms with Gasteiger partial charge in [0.25, 0.3) is 0 Å². The molecule has 0 aliphatic rings. The Bertz CT molecular complexity index is 846. The Morgan fingerprint density at radius 3 is 2.42 bits per heavy atom. The molecule has 2 amide bonds. The number of rotatable bonds is 12. The quantitative estimate of drug-likeness (QED) is 0.290. The van der Waals surface area contributed by atoms with E-state index in [1.54, 1.807) is 22.7 Å². The number of carbonyl (C=O) groups excluding carboxylic acids is 2. The van der Waals surface area contributed by atoms with Crippen molar-refractivity contribution in [2.75, 3.05) is 12.3 Å². The number of carbonyl (C=O) groups is 2. The second-order valence-corrected chi connectivity index (χ2v) is 9.25. The average Bonchev–Trinajstić information content (AvgIpc) is 2.77. The number of thioether (sulfide) groups is 1. The molecular weight excluding hydrogens is 451 g/mol. The fraction of sp³-hybridized carbons (Fsp3) is 0.417. The van der Waals surface area contributed by atoms with E-state index < -0.39 is 6.04 Å². The number of benzene rings is 2. The van der Waals surface area contributed by atoms with E-state index in [2.05, 4.69) is 5.32 Å². The minimum absolute atomic E-state index is 0.0323. The third-order valence-corrected chi connectivity index (χ3v) is 6.57. The molecule has 31 heavy (non-hydrogen) atoms. The highest BCUT2D eigenvalue weighted by atomic mass is 35.5. The summed E-state index contributed by atoms with van der Waals surface area (Å²) in [7, 11) is 0. The van der Waals surface area contributed by atoms with Crippen LogP contribution in [0.15, 0.2) is 53.4 Å². The van der Waals surface area contributed by atoms with Crippen molar-refractivity contribution in [2.24, 2.45) is 0 Å². The Labute approximate surface area is 199 Å². The van der Waals surface area contributed by atoms with Crippen molar-refractivity contribution in [1.29, 1.82) is 0 Å². The molecule has 0 aromatic heterocycles. The summed E-state index contributed by atoms with van der Waals surface area (Å²) in [6.45, 7) is 4.85. The van der Waals surface area contributed by atoms with Gasteiger partial charge < -0.3 is 10.2 Å². The van der Waals surface area contributed by atoms with Crippen LogP contribution in [0, 0.1) is 0 Å². The number of nitrogens with zero attached hydrogens (tertiary/aromatic N) is 1. The molecule has 2 aromatic rings. The summed E-state index contributed by atoms with van der Waals surface area (Å²) in [6, 6.07) is 14.6. The first-order chi connectivity index (χ1) is 15.0. The van der Waals surface area contributed by atoms with Crippen LogP contribution in [0.3, 0.4) is 0 Å². The zero-order chi connectivity index (χ0) is 22.6. The molecular formula is C24H30Cl2N2O2S. The molecule has 2 aromatic carbocycles. The number of halogens is 2. The molecule has 2 rings (SSSR count). The van der Waals surface area contributed by atoms with Crippen LogP contribution in [0.25, 0.3) is 0 Å². The van der Waals surface area contributed by atoms with Crippen LogP contribution in [-0.4, -0.2) is 35.1 Å². The maximum atomic E-state index is 13.2. The van der Waals surface area contributed by atoms with Crippen LogP contribution in [0.1, 0.15) is 45.1 Å². The molecule has 0 radical (unpaired) electrons. The number of hydrogen-bond acceptors (Lipinski definition) is 3. The van der Waals surface area contributed by atoms with Gasteiger partial charge in [0, 0.05) is 34.5 Å². The van der Waals surface area contributed by atoms with Crippen molar-refractivity contribution in [2.45, 2.75) is 57.0 Å². The van der Waals surface area contributed by atoms with Gasteiger partial charge in [0.2, 0.25) is 11.8 Å². The van der Waals surface area contributed by atoms with E-state index in [9.17, 15) is 9.59 Å². The molecule has 4 nitrogen and oxygen atoms in total. The molecule has 1 atom stereocenters. The van der Waals surface area contributed by atoms with Gasteiger partial charge in [-0.2, -0.15) is 0 Å². The van der Waals surface area contributed by atoms with Crippen molar-refractivity contribution in [3.63, 3.8) is 0 Å². The molecule has 7 heteroatoms. The third kappa shape index (κ3) is 8.40. The highest BCUT2D eigenvalue weighted by Crippen LogP contribution is 2.23. The van der Waals surface area contributed by atoms with Gasteiger partial charge in [0.1, 0.15) is 6.04 Å². The van der Waals surface area contributed by atoms with Crippen molar-refractivity contribution in [3.8, 4) is 0 Å². The summed E-state index contributed by atoms with van der Waals surface area (Å²) in [5.41, 5.74) is 0.842. The van der Waals surface area contributed by atoms with E-state index in [4.69, 9.17) is 23.2 Å². The average molecular weight is 481 g/mol. The highest BCUT2D eigenvalue weighted by Gasteiger charge is 2.28. The summed E-state index contributed by atoms with van der Waals surface area (Å²) in [5.74, 6) is 0.669. The molecule has 0 bridgehead atoms. The first kappa shape index (κ1) is 25.6. The minimum atomic E-state index is -0.515. The molecule has 0 saturated heterocycles. The minimum Gasteiger partial charge on any atom is -0.354 e. The summed E-state index contributed by atoms with van der Waals surface area (Å²) in [6.07, 6.45) is 2.49. The van der Waals surface area contributed by atoms with Gasteiger partial charge in [-0.25, -0.2) is 0 Å². The number of hydrogen-bond donors (Lipinski definition) is 1. The molecule has 0 fully saturated rings. The highest BCUT2D eigenvalue weighted by molar-refractivity contribution is 7.99. The summed E-state index contributed by atoms with van der Waals surface area (Å²) >= 11 is 14.0. The Morgan fingerprint density at radius 2 is 1.77 bits per heavy atom. The largest absolute Gasteiger partial charge is 0.354 e. The normalized spacial score (nSPS) is 11.7. The van der Waals surface area contributed by atoms with Gasteiger partial charge in [-0.05, 0) is 60.9 Å². The predicted octanol–water partition coefficient (Wildman–Crippen LogP) is 6.20. The summed E-state index contributed by atoms with van der Waals surface area (Å²) < 4.78 is 0. The van der Waals surface area contributed by atoms with Gasteiger partial charge in [0.15, 0.2) is 0 Å². The van der Waals surface area contributed by atoms with Crippen molar-refractivity contribution in [3.05, 3.63) is 64.1 Å². The predicted molar refractivity (Wildman–Crippen MR) is 131 cm³/mol. The molecule has 168 valence electrons. The number of amides is 2. The Kier molecular flexibility index (Phi) is 11.3. The Hall–Kier alpha value is -1.69. The summed E-state index contributed by atoms with van der Waals surface area (Å²) in [4.78, 5) is 28.7. The number of nitrogens with one attached hydrogen (secondary N) is 1. The lowest BCUT2D eigenvalue weighted by atomic mass is 10.1. The Morgan fingerprint density at radius 1 is 1.06 bits per heavy atom. The topological polar surface area (TPSA) is 49.4 Å². The van der Waals surface area contributed by atoms with Crippen molar-refractivity contribution < 1.29 is 9.59 Å². The van der Waals surface area contributed by atoms with E-state index in [-0.39, 0.29) is 11.8 Å². The van der Waals surface area contributed by atoms with Gasteiger partial charge in [-0.1, -0.05) is 55.2 Å². The van der Waals surface area contributed by atoms with E-state index in [0.29, 0.717) is 36.0 Å². The van der Waals surface area contributed by atoms with Gasteiger partial charge in [-0.3, -0.25) is 9.59 Å². The monoisotopic (exact) mass is 480 g/mol. The van der Waals surface area contributed by atoms with Crippen molar-refractivity contribution >= 4 is 46.8 Å². The maximum Gasteiger partial charge on any atom is 0.242 e. The molecule has 0 aliphatic heterocycles. The van der Waals surface area contributed by atoms with Gasteiger partial charge in [-0.15, -0.1) is 11.8 Å². The Balaban J connectivity index is 2.04. The van der Waals surface area contributed by atoms with Crippen LogP contribution >= 0.6 is 35.0 Å². The third-order valence-electron chi connectivity index (χ3n) is 4.85. The molecule has 0 spiro atoms. The molecule has 1 N–H and O–H groups in total. The van der Waals surface area contributed by atoms with E-state index in [1.807, 2.05) is 56.3 Å². The fourth-order valence-corrected chi connectivity index (χ4v) is 4.36. The second-order valence-electron chi connectivity index (χ2n) is 7.23. The first-order valence-corrected chi connectivity index (χ1v) is 12.4. The standard InChI is InChI=1S/C24H30Cl2N2O2S/c1-3-15-27-24(30)22(4-2)28(17-18-8-5-6-9-21(18)26)23(29)10-7-16-31-20-13-11-19(25)12-14-20/h5-6,8-9,11-14,22H,3-4,7,10,15-17H2,1-2H3,(H,27,30)/t22-/m0/s1. The zero-order valence-electron chi connectivity index (χ0n) is 18.1. The molecule has 0 saturated carbocycles. The van der Waals surface area contributed by atoms with E-state index in [0.717, 1.165) is 29.1 Å². The lowest BCUT2D eigenvalue weighted by Gasteiger charge is -2.31. The van der Waals surface area contributed by atoms with Crippen LogP contribution in [-0.2, 0) is 16.1 Å². The van der Waals surface area contributed by atoms with Crippen LogP contribution in [0.5, 0.6) is 0 Å². The summed E-state index contributed by atoms with van der Waals surface area (Å²) in [5, 5.41) is 4.24. The molecule has 0 unspecified atom stereocenters. The maximum absolute atomic E-state index is 13.2. The van der Waals surface area contributed by atoms with Crippen LogP contribution in [0.4, 0.5) is 0 Å². The van der Waals surface area contributed by atoms with Crippen molar-refractivity contribution in [1.82, 2.24) is 10.2 Å². The zero-order valence-corrected chi connectivity index (χ0v) is 20.4. The van der Waals surface area contributed by atoms with E-state index >= 15 is 0 Å². The first-order valence-electron chi connectivity index (χ1n) is 10.6. The lowest BCUT2D eigenvalue weighted by molar-refractivity contribution is -0.141. The van der Waals surface area contributed by atoms with Crippen LogP contribution < -0.4 is 5.32 Å². The van der Waals surface area contributed by atoms with Gasteiger partial charge >= 0.3 is 0 Å². The SMILES string of the molecule is CCCNC(=O)[C@H](CC)N(Cc1ccccc1Cl)C(=O)CCCSc1ccc(Cl)cc1. The van der Waals surface area contributed by atoms with Crippen LogP contribution in [0.2, 0.25) is 10.0 Å². The van der Waals surface area contributed by atoms with Gasteiger partial charge in [0.05, 0.1) is 0 Å². The fourth-order valence-electron chi connectivity index (χ4n) is 3.18. The smallest absolute Gasteiger partial charge is 0.242 e. The molecule has 0 aliphatic carbocycles. The van der Waals surface area contributed by atoms with E-state index in [1.165, 1.54) is 0 Å².